The number of carboxylic acids is 1. The number of carbonyl (C=O) groups excluding carboxylic acids is 2. The fourth-order valence-electron chi connectivity index (χ4n) is 5.50. The van der Waals surface area contributed by atoms with Gasteiger partial charge in [0.1, 0.15) is 10.9 Å². The highest BCUT2D eigenvalue weighted by Gasteiger charge is 2.46. The number of morpholine rings is 1. The van der Waals surface area contributed by atoms with E-state index < -0.39 is 12.0 Å². The molecule has 196 valence electrons. The minimum atomic E-state index is -1.11. The molecule has 3 fully saturated rings. The van der Waals surface area contributed by atoms with Crippen LogP contribution in [0.15, 0.2) is 6.07 Å². The number of fused-ring (bicyclic) bond motifs is 2. The van der Waals surface area contributed by atoms with Gasteiger partial charge in [-0.3, -0.25) is 14.5 Å². The van der Waals surface area contributed by atoms with Crippen molar-refractivity contribution >= 4 is 34.8 Å². The molecule has 1 aromatic heterocycles. The first-order valence-electron chi connectivity index (χ1n) is 13.1. The van der Waals surface area contributed by atoms with Gasteiger partial charge in [0.05, 0.1) is 29.3 Å². The molecule has 2 aliphatic heterocycles. The van der Waals surface area contributed by atoms with Gasteiger partial charge in [0.25, 0.3) is 0 Å². The van der Waals surface area contributed by atoms with Crippen molar-refractivity contribution in [2.75, 3.05) is 18.1 Å². The number of hydrogen-bond donors (Lipinski definition) is 1. The summed E-state index contributed by atoms with van der Waals surface area (Å²) in [6, 6.07) is 0.969. The Morgan fingerprint density at radius 3 is 2.47 bits per heavy atom. The molecule has 2 amide bonds. The number of likely N-dealkylation sites (tertiary alicyclic amines) is 1. The van der Waals surface area contributed by atoms with Crippen molar-refractivity contribution in [3.05, 3.63) is 15.8 Å². The average Bonchev–Trinajstić information content (AvgIpc) is 3.56. The molecular weight excluding hydrogens is 476 g/mol. The van der Waals surface area contributed by atoms with Crippen molar-refractivity contribution in [1.82, 2.24) is 4.90 Å². The van der Waals surface area contributed by atoms with Crippen molar-refractivity contribution in [3.63, 3.8) is 0 Å². The van der Waals surface area contributed by atoms with Gasteiger partial charge in [-0.15, -0.1) is 11.3 Å². The molecule has 3 aliphatic rings. The smallest absolute Gasteiger partial charge is 0.348 e. The van der Waals surface area contributed by atoms with Crippen molar-refractivity contribution in [1.29, 1.82) is 0 Å². The first kappa shape index (κ1) is 26.7. The van der Waals surface area contributed by atoms with Crippen molar-refractivity contribution in [2.45, 2.75) is 91.3 Å². The van der Waals surface area contributed by atoms with E-state index in [0.717, 1.165) is 43.4 Å². The van der Waals surface area contributed by atoms with E-state index in [1.54, 1.807) is 6.07 Å². The lowest BCUT2D eigenvalue weighted by molar-refractivity contribution is -0.139. The Labute approximate surface area is 218 Å². The maximum Gasteiger partial charge on any atom is 0.348 e. The Morgan fingerprint density at radius 2 is 1.94 bits per heavy atom. The number of carbonyl (C=O) groups is 3. The molecule has 7 nitrogen and oxygen atoms in total. The molecule has 1 aliphatic carbocycles. The van der Waals surface area contributed by atoms with E-state index in [9.17, 15) is 19.5 Å². The summed E-state index contributed by atoms with van der Waals surface area (Å²) in [6.07, 6.45) is 4.71. The van der Waals surface area contributed by atoms with Crippen LogP contribution in [-0.4, -0.2) is 59.1 Å². The summed E-state index contributed by atoms with van der Waals surface area (Å²) in [5, 5.41) is 10.1. The quantitative estimate of drug-likeness (QED) is 0.552. The molecule has 2 saturated heterocycles. The Hall–Kier alpha value is -2.37. The lowest BCUT2D eigenvalue weighted by Crippen LogP contribution is -2.55. The number of carboxylic acid groups (broad SMARTS) is 1. The van der Waals surface area contributed by atoms with Gasteiger partial charge < -0.3 is 14.7 Å². The van der Waals surface area contributed by atoms with Crippen LogP contribution in [0.1, 0.15) is 87.7 Å². The van der Waals surface area contributed by atoms with Crippen LogP contribution in [0.2, 0.25) is 0 Å². The van der Waals surface area contributed by atoms with Crippen molar-refractivity contribution in [2.24, 2.45) is 17.3 Å². The van der Waals surface area contributed by atoms with Gasteiger partial charge in [-0.25, -0.2) is 4.79 Å². The number of thiophene rings is 1. The molecule has 8 heteroatoms. The van der Waals surface area contributed by atoms with Crippen LogP contribution >= 0.6 is 11.3 Å². The van der Waals surface area contributed by atoms with E-state index in [1.165, 1.54) is 4.90 Å². The van der Waals surface area contributed by atoms with Crippen LogP contribution in [0.3, 0.4) is 0 Å². The fraction of sp³-hybridized carbons (Fsp3) is 0.679. The van der Waals surface area contributed by atoms with Crippen LogP contribution in [0.25, 0.3) is 0 Å². The number of nitrogens with zero attached hydrogens (tertiary/aromatic N) is 2. The summed E-state index contributed by atoms with van der Waals surface area (Å²) >= 11 is 1.07. The van der Waals surface area contributed by atoms with Gasteiger partial charge in [0.2, 0.25) is 11.8 Å². The third kappa shape index (κ3) is 5.63. The van der Waals surface area contributed by atoms with Crippen molar-refractivity contribution < 1.29 is 24.2 Å². The summed E-state index contributed by atoms with van der Waals surface area (Å²) in [7, 11) is 0. The van der Waals surface area contributed by atoms with Gasteiger partial charge in [-0.2, -0.15) is 0 Å². The third-order valence-corrected chi connectivity index (χ3v) is 8.52. The lowest BCUT2D eigenvalue weighted by atomic mass is 9.82. The molecule has 0 aromatic carbocycles. The maximum atomic E-state index is 14.1. The summed E-state index contributed by atoms with van der Waals surface area (Å²) in [4.78, 5) is 44.3. The monoisotopic (exact) mass is 514 g/mol. The second-order valence-corrected chi connectivity index (χ2v) is 12.6. The summed E-state index contributed by atoms with van der Waals surface area (Å²) in [6.45, 7) is 11.1. The molecule has 2 bridgehead atoms. The number of hydrogen-bond acceptors (Lipinski definition) is 5. The lowest BCUT2D eigenvalue weighted by Gasteiger charge is -2.38. The normalized spacial score (nSPS) is 26.3. The first-order valence-corrected chi connectivity index (χ1v) is 14.0. The predicted octanol–water partition coefficient (Wildman–Crippen LogP) is 4.78. The number of anilines is 1. The SMILES string of the molecule is CC[C@@H](C(=O)N1C[C@@H]2C[C@H]1CO2)N(c1cc(C#CC(C)(C)C)sc1C(=O)O)C(=O)[C@H]1CC[C@H](C)CC1. The molecule has 1 saturated carbocycles. The van der Waals surface area contributed by atoms with Crippen molar-refractivity contribution in [3.8, 4) is 11.8 Å². The van der Waals surface area contributed by atoms with E-state index >= 15 is 0 Å². The van der Waals surface area contributed by atoms with E-state index in [0.29, 0.717) is 36.1 Å². The largest absolute Gasteiger partial charge is 0.477 e. The molecule has 1 aromatic rings. The van der Waals surface area contributed by atoms with E-state index in [4.69, 9.17) is 4.74 Å². The van der Waals surface area contributed by atoms with E-state index in [1.807, 2.05) is 32.6 Å². The second kappa shape index (κ2) is 10.5. The minimum Gasteiger partial charge on any atom is -0.477 e. The first-order chi connectivity index (χ1) is 17.0. The molecule has 3 atom stereocenters. The highest BCUT2D eigenvalue weighted by Crippen LogP contribution is 2.38. The zero-order valence-electron chi connectivity index (χ0n) is 22.0. The Kier molecular flexibility index (Phi) is 7.82. The molecule has 0 spiro atoms. The number of amides is 2. The highest BCUT2D eigenvalue weighted by molar-refractivity contribution is 7.15. The summed E-state index contributed by atoms with van der Waals surface area (Å²) in [5.74, 6) is 5.25. The Balaban J connectivity index is 1.75. The summed E-state index contributed by atoms with van der Waals surface area (Å²) < 4.78 is 5.69. The van der Waals surface area contributed by atoms with Crippen LogP contribution < -0.4 is 4.90 Å². The number of rotatable bonds is 6. The second-order valence-electron chi connectivity index (χ2n) is 11.6. The zero-order valence-corrected chi connectivity index (χ0v) is 22.8. The van der Waals surface area contributed by atoms with Gasteiger partial charge >= 0.3 is 5.97 Å². The molecule has 1 N–H and O–H groups in total. The zero-order chi connectivity index (χ0) is 26.2. The number of ether oxygens (including phenoxy) is 1. The van der Waals surface area contributed by atoms with Crippen LogP contribution in [-0.2, 0) is 14.3 Å². The Bertz CT molecular complexity index is 1070. The number of aromatic carboxylic acids is 1. The van der Waals surface area contributed by atoms with Gasteiger partial charge in [0, 0.05) is 17.9 Å². The topological polar surface area (TPSA) is 87.2 Å². The van der Waals surface area contributed by atoms with E-state index in [2.05, 4.69) is 18.8 Å². The molecule has 0 unspecified atom stereocenters. The molecule has 3 heterocycles. The standard InChI is InChI=1S/C28H38N2O5S/c1-6-22(26(32)29-15-20-13-19(29)16-35-20)30(25(31)18-9-7-17(2)8-10-18)23-14-21(11-12-28(3,4)5)36-24(23)27(33)34/h14,17-20,22H,6-10,13,15-16H2,1-5H3,(H,33,34)/t17-,18-,19-,20-,22-/m0/s1. The molecule has 36 heavy (non-hydrogen) atoms. The van der Waals surface area contributed by atoms with Crippen LogP contribution in [0.5, 0.6) is 0 Å². The minimum absolute atomic E-state index is 0.0265. The molecule has 0 radical (unpaired) electrons. The molecule has 4 rings (SSSR count). The van der Waals surface area contributed by atoms with Crippen LogP contribution in [0.4, 0.5) is 5.69 Å². The Morgan fingerprint density at radius 1 is 1.25 bits per heavy atom. The fourth-order valence-corrected chi connectivity index (χ4v) is 6.34. The average molecular weight is 515 g/mol. The maximum absolute atomic E-state index is 14.1. The van der Waals surface area contributed by atoms with Gasteiger partial charge in [-0.05, 0) is 71.3 Å². The van der Waals surface area contributed by atoms with Crippen LogP contribution in [0, 0.1) is 29.1 Å². The summed E-state index contributed by atoms with van der Waals surface area (Å²) in [5.41, 5.74) is 0.0519. The molecular formula is C28H38N2O5S. The van der Waals surface area contributed by atoms with E-state index in [-0.39, 0.29) is 40.2 Å². The van der Waals surface area contributed by atoms with Gasteiger partial charge in [-0.1, -0.05) is 25.7 Å². The predicted molar refractivity (Wildman–Crippen MR) is 140 cm³/mol. The highest BCUT2D eigenvalue weighted by atomic mass is 32.1. The third-order valence-electron chi connectivity index (χ3n) is 7.50. The van der Waals surface area contributed by atoms with Gasteiger partial charge in [0.15, 0.2) is 0 Å².